The van der Waals surface area contributed by atoms with Crippen LogP contribution in [0.15, 0.2) is 0 Å². The average molecular weight is 210 g/mol. The highest BCUT2D eigenvalue weighted by molar-refractivity contribution is 5.56. The summed E-state index contributed by atoms with van der Waals surface area (Å²) in [6.45, 7) is 2.33. The van der Waals surface area contributed by atoms with Crippen molar-refractivity contribution >= 4 is 6.29 Å². The van der Waals surface area contributed by atoms with E-state index in [2.05, 4.69) is 6.92 Å². The van der Waals surface area contributed by atoms with Crippen LogP contribution in [0.3, 0.4) is 0 Å². The molecular weight excluding hydrogens is 188 g/mol. The zero-order valence-electron chi connectivity index (χ0n) is 9.71. The number of ether oxygens (including phenoxy) is 1. The predicted molar refractivity (Wildman–Crippen MR) is 59.8 cm³/mol. The fourth-order valence-corrected chi connectivity index (χ4v) is 3.08. The number of rotatable bonds is 1. The normalized spacial score (nSPS) is 42.5. The molecule has 1 saturated heterocycles. The molecule has 2 heteroatoms. The number of hydrogen-bond donors (Lipinski definition) is 0. The van der Waals surface area contributed by atoms with Gasteiger partial charge in [-0.25, -0.2) is 0 Å². The minimum Gasteiger partial charge on any atom is -0.364 e. The summed E-state index contributed by atoms with van der Waals surface area (Å²) in [4.78, 5) is 10.8. The number of carbonyl (C=O) groups excluding carboxylic acids is 1. The van der Waals surface area contributed by atoms with Crippen molar-refractivity contribution in [1.29, 1.82) is 0 Å². The highest BCUT2D eigenvalue weighted by Crippen LogP contribution is 2.40. The molecule has 1 spiro atoms. The van der Waals surface area contributed by atoms with Gasteiger partial charge in [-0.1, -0.05) is 19.8 Å². The SMILES string of the molecule is CC1CCCC2(CCCC(C=O)O2)CC1. The molecule has 1 aliphatic carbocycles. The van der Waals surface area contributed by atoms with Crippen molar-refractivity contribution in [3.63, 3.8) is 0 Å². The molecule has 0 aromatic rings. The molecule has 86 valence electrons. The molecule has 0 N–H and O–H groups in total. The van der Waals surface area contributed by atoms with Crippen LogP contribution in [0.1, 0.15) is 58.3 Å². The van der Waals surface area contributed by atoms with Gasteiger partial charge in [-0.2, -0.15) is 0 Å². The molecule has 0 aromatic heterocycles. The molecule has 2 rings (SSSR count). The second-order valence-electron chi connectivity index (χ2n) is 5.40. The maximum atomic E-state index is 10.8. The largest absolute Gasteiger partial charge is 0.364 e. The zero-order chi connectivity index (χ0) is 10.7. The Hall–Kier alpha value is -0.370. The van der Waals surface area contributed by atoms with Gasteiger partial charge in [0, 0.05) is 0 Å². The van der Waals surface area contributed by atoms with E-state index >= 15 is 0 Å². The standard InChI is InChI=1S/C13H22O2/c1-11-4-2-7-13(9-6-11)8-3-5-12(10-14)15-13/h10-12H,2-9H2,1H3. The van der Waals surface area contributed by atoms with Crippen molar-refractivity contribution in [1.82, 2.24) is 0 Å². The lowest BCUT2D eigenvalue weighted by Crippen LogP contribution is -2.41. The quantitative estimate of drug-likeness (QED) is 0.622. The van der Waals surface area contributed by atoms with Gasteiger partial charge in [0.15, 0.2) is 0 Å². The smallest absolute Gasteiger partial charge is 0.148 e. The van der Waals surface area contributed by atoms with Crippen LogP contribution in [0.25, 0.3) is 0 Å². The van der Waals surface area contributed by atoms with Crippen molar-refractivity contribution in [2.45, 2.75) is 70.0 Å². The Labute approximate surface area is 92.4 Å². The van der Waals surface area contributed by atoms with Gasteiger partial charge in [0.05, 0.1) is 5.60 Å². The lowest BCUT2D eigenvalue weighted by Gasteiger charge is -2.39. The predicted octanol–water partition coefficient (Wildman–Crippen LogP) is 3.09. The van der Waals surface area contributed by atoms with Crippen LogP contribution >= 0.6 is 0 Å². The van der Waals surface area contributed by atoms with Crippen molar-refractivity contribution in [2.75, 3.05) is 0 Å². The summed E-state index contributed by atoms with van der Waals surface area (Å²) in [6, 6.07) is 0. The Morgan fingerprint density at radius 3 is 2.60 bits per heavy atom. The maximum absolute atomic E-state index is 10.8. The summed E-state index contributed by atoms with van der Waals surface area (Å²) in [5.74, 6) is 0.838. The van der Waals surface area contributed by atoms with E-state index in [4.69, 9.17) is 4.74 Å². The molecule has 0 bridgehead atoms. The number of hydrogen-bond acceptors (Lipinski definition) is 2. The summed E-state index contributed by atoms with van der Waals surface area (Å²) in [6.07, 6.45) is 10.3. The first-order chi connectivity index (χ1) is 7.24. The highest BCUT2D eigenvalue weighted by Gasteiger charge is 2.38. The molecule has 3 unspecified atom stereocenters. The third-order valence-electron chi connectivity index (χ3n) is 4.10. The third kappa shape index (κ3) is 2.60. The topological polar surface area (TPSA) is 26.3 Å². The van der Waals surface area contributed by atoms with Gasteiger partial charge in [0.25, 0.3) is 0 Å². The van der Waals surface area contributed by atoms with E-state index in [1.807, 2.05) is 0 Å². The lowest BCUT2D eigenvalue weighted by molar-refractivity contribution is -0.150. The monoisotopic (exact) mass is 210 g/mol. The summed E-state index contributed by atoms with van der Waals surface area (Å²) in [7, 11) is 0. The first kappa shape index (κ1) is 11.1. The minimum absolute atomic E-state index is 0.0641. The molecule has 3 atom stereocenters. The van der Waals surface area contributed by atoms with E-state index in [9.17, 15) is 4.79 Å². The third-order valence-corrected chi connectivity index (χ3v) is 4.10. The van der Waals surface area contributed by atoms with Crippen molar-refractivity contribution in [2.24, 2.45) is 5.92 Å². The Balaban J connectivity index is 2.00. The Bertz CT molecular complexity index is 227. The van der Waals surface area contributed by atoms with Crippen LogP contribution in [0, 0.1) is 5.92 Å². The van der Waals surface area contributed by atoms with E-state index in [0.29, 0.717) is 0 Å². The second-order valence-corrected chi connectivity index (χ2v) is 5.40. The van der Waals surface area contributed by atoms with Gasteiger partial charge in [-0.3, -0.25) is 0 Å². The molecule has 1 aliphatic heterocycles. The lowest BCUT2D eigenvalue weighted by atomic mass is 9.85. The van der Waals surface area contributed by atoms with Gasteiger partial charge in [-0.15, -0.1) is 0 Å². The van der Waals surface area contributed by atoms with Crippen LogP contribution in [-0.2, 0) is 9.53 Å². The Kier molecular flexibility index (Phi) is 3.45. The number of carbonyl (C=O) groups is 1. The van der Waals surface area contributed by atoms with Gasteiger partial charge in [0.2, 0.25) is 0 Å². The molecule has 1 heterocycles. The first-order valence-corrected chi connectivity index (χ1v) is 6.37. The summed E-state index contributed by atoms with van der Waals surface area (Å²) >= 11 is 0. The summed E-state index contributed by atoms with van der Waals surface area (Å²) in [5, 5.41) is 0. The van der Waals surface area contributed by atoms with E-state index in [1.165, 1.54) is 38.5 Å². The van der Waals surface area contributed by atoms with Gasteiger partial charge in [0.1, 0.15) is 12.4 Å². The van der Waals surface area contributed by atoms with Crippen molar-refractivity contribution in [3.8, 4) is 0 Å². The minimum atomic E-state index is -0.118. The molecule has 0 aromatic carbocycles. The van der Waals surface area contributed by atoms with Crippen LogP contribution < -0.4 is 0 Å². The van der Waals surface area contributed by atoms with Crippen LogP contribution in [-0.4, -0.2) is 18.0 Å². The summed E-state index contributed by atoms with van der Waals surface area (Å²) < 4.78 is 6.02. The Morgan fingerprint density at radius 1 is 1.13 bits per heavy atom. The van der Waals surface area contributed by atoms with Crippen LogP contribution in [0.4, 0.5) is 0 Å². The van der Waals surface area contributed by atoms with E-state index < -0.39 is 0 Å². The average Bonchev–Trinajstić information content (AvgIpc) is 2.42. The number of aldehydes is 1. The fourth-order valence-electron chi connectivity index (χ4n) is 3.08. The van der Waals surface area contributed by atoms with Crippen LogP contribution in [0.2, 0.25) is 0 Å². The van der Waals surface area contributed by atoms with Crippen LogP contribution in [0.5, 0.6) is 0 Å². The first-order valence-electron chi connectivity index (χ1n) is 6.37. The molecule has 2 fully saturated rings. The molecule has 2 nitrogen and oxygen atoms in total. The maximum Gasteiger partial charge on any atom is 0.148 e. The molecule has 1 saturated carbocycles. The highest BCUT2D eigenvalue weighted by atomic mass is 16.5. The Morgan fingerprint density at radius 2 is 1.87 bits per heavy atom. The molecule has 15 heavy (non-hydrogen) atoms. The van der Waals surface area contributed by atoms with Gasteiger partial charge in [-0.05, 0) is 44.4 Å². The second kappa shape index (κ2) is 4.65. The van der Waals surface area contributed by atoms with Crippen molar-refractivity contribution in [3.05, 3.63) is 0 Å². The molecular formula is C13H22O2. The van der Waals surface area contributed by atoms with E-state index in [0.717, 1.165) is 25.0 Å². The van der Waals surface area contributed by atoms with E-state index in [-0.39, 0.29) is 11.7 Å². The molecule has 0 amide bonds. The van der Waals surface area contributed by atoms with Crippen molar-refractivity contribution < 1.29 is 9.53 Å². The summed E-state index contributed by atoms with van der Waals surface area (Å²) in [5.41, 5.74) is 0.0641. The molecule has 2 aliphatic rings. The molecule has 0 radical (unpaired) electrons. The van der Waals surface area contributed by atoms with E-state index in [1.54, 1.807) is 0 Å². The zero-order valence-corrected chi connectivity index (χ0v) is 9.71. The van der Waals surface area contributed by atoms with Gasteiger partial charge < -0.3 is 9.53 Å². The van der Waals surface area contributed by atoms with Gasteiger partial charge >= 0.3 is 0 Å². The fraction of sp³-hybridized carbons (Fsp3) is 0.923.